The standard InChI is InChI=1S/C17H27NS/c1-5-12-6-14(19-10-12)9-18-16-8-13-7-15(11(16)2)17(13,3)4/h6,10-11,13,15-16,18H,5,7-9H2,1-4H3. The Morgan fingerprint density at radius 3 is 2.74 bits per heavy atom. The monoisotopic (exact) mass is 277 g/mol. The van der Waals surface area contributed by atoms with Crippen LogP contribution in [-0.4, -0.2) is 6.04 Å². The maximum Gasteiger partial charge on any atom is 0.0302 e. The fraction of sp³-hybridized carbons (Fsp3) is 0.765. The lowest BCUT2D eigenvalue weighted by Crippen LogP contribution is -2.59. The van der Waals surface area contributed by atoms with Crippen molar-refractivity contribution in [2.24, 2.45) is 23.2 Å². The molecule has 3 aliphatic carbocycles. The minimum Gasteiger partial charge on any atom is -0.309 e. The Labute approximate surface area is 121 Å². The molecule has 1 nitrogen and oxygen atoms in total. The third kappa shape index (κ3) is 2.27. The normalized spacial score (nSPS) is 36.0. The molecule has 0 saturated heterocycles. The molecule has 0 aromatic carbocycles. The van der Waals surface area contributed by atoms with E-state index in [4.69, 9.17) is 0 Å². The van der Waals surface area contributed by atoms with Gasteiger partial charge in [-0.25, -0.2) is 0 Å². The fourth-order valence-corrected chi connectivity index (χ4v) is 5.28. The Morgan fingerprint density at radius 2 is 2.16 bits per heavy atom. The fourth-order valence-electron chi connectivity index (χ4n) is 4.36. The van der Waals surface area contributed by atoms with Crippen LogP contribution in [0.2, 0.25) is 0 Å². The molecule has 2 heteroatoms. The number of fused-ring (bicyclic) bond motifs is 2. The topological polar surface area (TPSA) is 12.0 Å². The smallest absolute Gasteiger partial charge is 0.0302 e. The molecule has 3 fully saturated rings. The van der Waals surface area contributed by atoms with E-state index in [1.165, 1.54) is 23.3 Å². The van der Waals surface area contributed by atoms with Gasteiger partial charge in [-0.15, -0.1) is 11.3 Å². The van der Waals surface area contributed by atoms with E-state index in [9.17, 15) is 0 Å². The van der Waals surface area contributed by atoms with Gasteiger partial charge in [-0.05, 0) is 59.4 Å². The van der Waals surface area contributed by atoms with Crippen LogP contribution < -0.4 is 5.32 Å². The lowest BCUT2D eigenvalue weighted by Gasteiger charge is -2.62. The number of rotatable bonds is 4. The summed E-state index contributed by atoms with van der Waals surface area (Å²) in [5.74, 6) is 2.74. The molecule has 106 valence electrons. The van der Waals surface area contributed by atoms with Gasteiger partial charge < -0.3 is 5.32 Å². The Hall–Kier alpha value is -0.340. The third-order valence-corrected chi connectivity index (χ3v) is 6.99. The first-order valence-electron chi connectivity index (χ1n) is 7.82. The van der Waals surface area contributed by atoms with Gasteiger partial charge in [-0.3, -0.25) is 0 Å². The summed E-state index contributed by atoms with van der Waals surface area (Å²) in [4.78, 5) is 1.50. The lowest BCUT2D eigenvalue weighted by atomic mass is 9.45. The van der Waals surface area contributed by atoms with Crippen molar-refractivity contribution in [2.45, 2.75) is 59.5 Å². The highest BCUT2D eigenvalue weighted by Gasteiger charge is 2.55. The van der Waals surface area contributed by atoms with Crippen molar-refractivity contribution in [3.05, 3.63) is 21.9 Å². The van der Waals surface area contributed by atoms with Gasteiger partial charge in [0.25, 0.3) is 0 Å². The second-order valence-electron chi connectivity index (χ2n) is 7.22. The lowest BCUT2D eigenvalue weighted by molar-refractivity contribution is -0.115. The second kappa shape index (κ2) is 4.89. The van der Waals surface area contributed by atoms with Crippen LogP contribution in [0.5, 0.6) is 0 Å². The summed E-state index contributed by atoms with van der Waals surface area (Å²) in [5, 5.41) is 6.14. The first kappa shape index (κ1) is 13.6. The Bertz CT molecular complexity index is 448. The van der Waals surface area contributed by atoms with E-state index in [-0.39, 0.29) is 0 Å². The summed E-state index contributed by atoms with van der Waals surface area (Å²) >= 11 is 1.91. The van der Waals surface area contributed by atoms with Gasteiger partial charge in [0.15, 0.2) is 0 Å². The Balaban J connectivity index is 1.57. The summed E-state index contributed by atoms with van der Waals surface area (Å²) in [5.41, 5.74) is 2.10. The summed E-state index contributed by atoms with van der Waals surface area (Å²) in [6, 6.07) is 3.11. The number of nitrogens with one attached hydrogen (secondary N) is 1. The van der Waals surface area contributed by atoms with E-state index in [1.807, 2.05) is 11.3 Å². The van der Waals surface area contributed by atoms with Gasteiger partial charge in [0.2, 0.25) is 0 Å². The number of aryl methyl sites for hydroxylation is 1. The first-order valence-corrected chi connectivity index (χ1v) is 8.70. The maximum atomic E-state index is 3.83. The zero-order valence-corrected chi connectivity index (χ0v) is 13.5. The second-order valence-corrected chi connectivity index (χ2v) is 8.21. The number of thiophene rings is 1. The van der Waals surface area contributed by atoms with Crippen LogP contribution in [0.4, 0.5) is 0 Å². The zero-order valence-electron chi connectivity index (χ0n) is 12.7. The van der Waals surface area contributed by atoms with Crippen LogP contribution in [0.1, 0.15) is 51.0 Å². The van der Waals surface area contributed by atoms with E-state index in [1.54, 1.807) is 0 Å². The molecule has 0 spiro atoms. The summed E-state index contributed by atoms with van der Waals surface area (Å²) in [7, 11) is 0. The molecule has 1 aromatic rings. The van der Waals surface area contributed by atoms with Gasteiger partial charge in [0.1, 0.15) is 0 Å². The van der Waals surface area contributed by atoms with Gasteiger partial charge in [0.05, 0.1) is 0 Å². The molecule has 0 aliphatic heterocycles. The summed E-state index contributed by atoms with van der Waals surface area (Å²) in [6.45, 7) is 10.7. The molecule has 4 unspecified atom stereocenters. The maximum absolute atomic E-state index is 3.83. The molecule has 3 aliphatic rings. The molecule has 1 aromatic heterocycles. The van der Waals surface area contributed by atoms with Crippen molar-refractivity contribution in [2.75, 3.05) is 0 Å². The molecule has 4 rings (SSSR count). The van der Waals surface area contributed by atoms with Crippen molar-refractivity contribution in [3.63, 3.8) is 0 Å². The minimum atomic E-state index is 0.607. The molecule has 0 amide bonds. The zero-order chi connectivity index (χ0) is 13.6. The largest absolute Gasteiger partial charge is 0.309 e. The highest BCUT2D eigenvalue weighted by molar-refractivity contribution is 7.10. The van der Waals surface area contributed by atoms with E-state index in [0.29, 0.717) is 5.41 Å². The van der Waals surface area contributed by atoms with Gasteiger partial charge >= 0.3 is 0 Å². The average molecular weight is 277 g/mol. The average Bonchev–Trinajstić information content (AvgIpc) is 2.84. The molecule has 1 heterocycles. The molecular formula is C17H27NS. The summed E-state index contributed by atoms with van der Waals surface area (Å²) < 4.78 is 0. The SMILES string of the molecule is CCc1csc(CNC2CC3CC(C2C)C3(C)C)c1. The highest BCUT2D eigenvalue weighted by atomic mass is 32.1. The molecule has 1 N–H and O–H groups in total. The van der Waals surface area contributed by atoms with Crippen molar-refractivity contribution >= 4 is 11.3 Å². The van der Waals surface area contributed by atoms with Crippen LogP contribution in [-0.2, 0) is 13.0 Å². The van der Waals surface area contributed by atoms with Crippen LogP contribution in [0.15, 0.2) is 11.4 Å². The minimum absolute atomic E-state index is 0.607. The molecule has 4 atom stereocenters. The van der Waals surface area contributed by atoms with Crippen LogP contribution >= 0.6 is 11.3 Å². The van der Waals surface area contributed by atoms with Gasteiger partial charge in [-0.1, -0.05) is 27.7 Å². The number of hydrogen-bond acceptors (Lipinski definition) is 2. The predicted molar refractivity (Wildman–Crippen MR) is 83.5 cm³/mol. The van der Waals surface area contributed by atoms with Crippen LogP contribution in [0.25, 0.3) is 0 Å². The predicted octanol–water partition coefficient (Wildman–Crippen LogP) is 4.47. The van der Waals surface area contributed by atoms with E-state index in [2.05, 4.69) is 44.5 Å². The van der Waals surface area contributed by atoms with Crippen LogP contribution in [0.3, 0.4) is 0 Å². The van der Waals surface area contributed by atoms with Gasteiger partial charge in [0, 0.05) is 17.5 Å². The third-order valence-electron chi connectivity index (χ3n) is 6.01. The molecule has 3 saturated carbocycles. The first-order chi connectivity index (χ1) is 9.02. The van der Waals surface area contributed by atoms with E-state index >= 15 is 0 Å². The van der Waals surface area contributed by atoms with Crippen molar-refractivity contribution in [3.8, 4) is 0 Å². The Morgan fingerprint density at radius 1 is 1.37 bits per heavy atom. The number of hydrogen-bond donors (Lipinski definition) is 1. The van der Waals surface area contributed by atoms with E-state index < -0.39 is 0 Å². The van der Waals surface area contributed by atoms with Crippen molar-refractivity contribution in [1.29, 1.82) is 0 Å². The van der Waals surface area contributed by atoms with Crippen molar-refractivity contribution < 1.29 is 0 Å². The van der Waals surface area contributed by atoms with Crippen molar-refractivity contribution in [1.82, 2.24) is 5.32 Å². The Kier molecular flexibility index (Phi) is 3.51. The molecule has 2 bridgehead atoms. The summed E-state index contributed by atoms with van der Waals surface area (Å²) in [6.07, 6.45) is 4.02. The quantitative estimate of drug-likeness (QED) is 0.856. The van der Waals surface area contributed by atoms with Gasteiger partial charge in [-0.2, -0.15) is 0 Å². The van der Waals surface area contributed by atoms with Crippen LogP contribution in [0, 0.1) is 23.2 Å². The highest BCUT2D eigenvalue weighted by Crippen LogP contribution is 2.61. The molecule has 0 radical (unpaired) electrons. The molecule has 19 heavy (non-hydrogen) atoms. The molecular weight excluding hydrogens is 250 g/mol. The van der Waals surface area contributed by atoms with E-state index in [0.717, 1.165) is 36.8 Å².